The molecule has 1 saturated heterocycles. The SMILES string of the molecule is CCOC(=O)CC(C(=O)c1ccccc1)=C1NCCN1. The van der Waals surface area contributed by atoms with Crippen LogP contribution >= 0.6 is 0 Å². The van der Waals surface area contributed by atoms with Gasteiger partial charge in [-0.2, -0.15) is 0 Å². The number of esters is 1. The average Bonchev–Trinajstić information content (AvgIpc) is 2.99. The van der Waals surface area contributed by atoms with Gasteiger partial charge >= 0.3 is 5.97 Å². The Kier molecular flexibility index (Phi) is 4.76. The van der Waals surface area contributed by atoms with Crippen LogP contribution in [0.15, 0.2) is 41.7 Å². The van der Waals surface area contributed by atoms with Gasteiger partial charge in [-0.25, -0.2) is 0 Å². The van der Waals surface area contributed by atoms with E-state index < -0.39 is 5.97 Å². The van der Waals surface area contributed by atoms with E-state index in [-0.39, 0.29) is 12.2 Å². The molecule has 0 radical (unpaired) electrons. The lowest BCUT2D eigenvalue weighted by atomic mass is 10.0. The van der Waals surface area contributed by atoms with E-state index in [1.807, 2.05) is 6.07 Å². The summed E-state index contributed by atoms with van der Waals surface area (Å²) in [6.45, 7) is 3.53. The predicted molar refractivity (Wildman–Crippen MR) is 75.1 cm³/mol. The van der Waals surface area contributed by atoms with E-state index in [0.717, 1.165) is 13.1 Å². The van der Waals surface area contributed by atoms with E-state index in [0.29, 0.717) is 23.6 Å². The van der Waals surface area contributed by atoms with Crippen molar-refractivity contribution in [1.82, 2.24) is 10.6 Å². The van der Waals surface area contributed by atoms with Gasteiger partial charge in [0.25, 0.3) is 0 Å². The number of rotatable bonds is 5. The van der Waals surface area contributed by atoms with E-state index >= 15 is 0 Å². The molecule has 5 heteroatoms. The number of carbonyl (C=O) groups is 2. The van der Waals surface area contributed by atoms with E-state index in [1.165, 1.54) is 0 Å². The summed E-state index contributed by atoms with van der Waals surface area (Å²) in [5.74, 6) is 0.0808. The molecule has 1 heterocycles. The van der Waals surface area contributed by atoms with Gasteiger partial charge in [0.15, 0.2) is 5.78 Å². The van der Waals surface area contributed by atoms with E-state index in [9.17, 15) is 9.59 Å². The second-order valence-corrected chi connectivity index (χ2v) is 4.38. The highest BCUT2D eigenvalue weighted by Gasteiger charge is 2.22. The molecular formula is C15H18N2O3. The largest absolute Gasteiger partial charge is 0.466 e. The predicted octanol–water partition coefficient (Wildman–Crippen LogP) is 1.23. The van der Waals surface area contributed by atoms with Gasteiger partial charge in [-0.15, -0.1) is 0 Å². The molecule has 2 rings (SSSR count). The minimum atomic E-state index is -0.394. The molecule has 0 unspecified atom stereocenters. The molecule has 1 aromatic rings. The summed E-state index contributed by atoms with van der Waals surface area (Å²) in [5.41, 5.74) is 0.988. The van der Waals surface area contributed by atoms with E-state index in [1.54, 1.807) is 31.2 Å². The van der Waals surface area contributed by atoms with Gasteiger partial charge in [0.05, 0.1) is 18.6 Å². The van der Waals surface area contributed by atoms with Crippen LogP contribution in [0.2, 0.25) is 0 Å². The minimum Gasteiger partial charge on any atom is -0.466 e. The summed E-state index contributed by atoms with van der Waals surface area (Å²) in [4.78, 5) is 24.2. The first-order valence-corrected chi connectivity index (χ1v) is 6.68. The van der Waals surface area contributed by atoms with Crippen molar-refractivity contribution in [2.45, 2.75) is 13.3 Å². The standard InChI is InChI=1S/C15H18N2O3/c1-2-20-13(18)10-12(15-16-8-9-17-15)14(19)11-6-4-3-5-7-11/h3-7,16-17H,2,8-10H2,1H3. The Hall–Kier alpha value is -2.30. The molecule has 1 aromatic carbocycles. The van der Waals surface area contributed by atoms with E-state index in [4.69, 9.17) is 4.74 Å². The summed E-state index contributed by atoms with van der Waals surface area (Å²) in [6.07, 6.45) is -0.0309. The molecule has 1 aliphatic heterocycles. The van der Waals surface area contributed by atoms with Crippen molar-refractivity contribution in [3.8, 4) is 0 Å². The molecule has 0 aliphatic carbocycles. The van der Waals surface area contributed by atoms with Gasteiger partial charge in [-0.05, 0) is 6.92 Å². The molecule has 0 bridgehead atoms. The van der Waals surface area contributed by atoms with Gasteiger partial charge in [0.2, 0.25) is 0 Å². The number of nitrogens with one attached hydrogen (secondary N) is 2. The normalized spacial score (nSPS) is 13.3. The van der Waals surface area contributed by atoms with Gasteiger partial charge in [-0.1, -0.05) is 30.3 Å². The Bertz CT molecular complexity index is 515. The number of ketones is 1. The third-order valence-corrected chi connectivity index (χ3v) is 2.97. The Labute approximate surface area is 118 Å². The molecule has 0 atom stereocenters. The monoisotopic (exact) mass is 274 g/mol. The molecule has 106 valence electrons. The summed E-state index contributed by atoms with van der Waals surface area (Å²) < 4.78 is 4.94. The highest BCUT2D eigenvalue weighted by molar-refractivity contribution is 6.11. The molecular weight excluding hydrogens is 256 g/mol. The fourth-order valence-electron chi connectivity index (χ4n) is 2.05. The molecule has 0 amide bonds. The maximum Gasteiger partial charge on any atom is 0.310 e. The Morgan fingerprint density at radius 2 is 1.80 bits per heavy atom. The highest BCUT2D eigenvalue weighted by atomic mass is 16.5. The van der Waals surface area contributed by atoms with E-state index in [2.05, 4.69) is 10.6 Å². The molecule has 20 heavy (non-hydrogen) atoms. The molecule has 2 N–H and O–H groups in total. The van der Waals surface area contributed by atoms with Crippen LogP contribution in [-0.2, 0) is 9.53 Å². The first kappa shape index (κ1) is 14.1. The number of carbonyl (C=O) groups excluding carboxylic acids is 2. The van der Waals surface area contributed by atoms with Crippen molar-refractivity contribution in [3.05, 3.63) is 47.3 Å². The summed E-state index contributed by atoms with van der Waals surface area (Å²) in [5, 5.41) is 6.19. The van der Waals surface area contributed by atoms with Crippen molar-refractivity contribution >= 4 is 11.8 Å². The Morgan fingerprint density at radius 3 is 2.40 bits per heavy atom. The van der Waals surface area contributed by atoms with Crippen LogP contribution < -0.4 is 10.6 Å². The van der Waals surface area contributed by atoms with Crippen LogP contribution in [0.25, 0.3) is 0 Å². The zero-order valence-corrected chi connectivity index (χ0v) is 11.4. The third-order valence-electron chi connectivity index (χ3n) is 2.97. The molecule has 1 aliphatic rings. The van der Waals surface area contributed by atoms with Crippen LogP contribution in [0.3, 0.4) is 0 Å². The van der Waals surface area contributed by atoms with Gasteiger partial charge in [0, 0.05) is 18.7 Å². The number of hydrogen-bond donors (Lipinski definition) is 2. The summed E-state index contributed by atoms with van der Waals surface area (Å²) in [7, 11) is 0. The van der Waals surface area contributed by atoms with Crippen LogP contribution in [0.4, 0.5) is 0 Å². The van der Waals surface area contributed by atoms with Gasteiger partial charge < -0.3 is 15.4 Å². The number of Topliss-reactive ketones (excluding diaryl/α,β-unsaturated/α-hetero) is 1. The highest BCUT2D eigenvalue weighted by Crippen LogP contribution is 2.16. The van der Waals surface area contributed by atoms with Crippen molar-refractivity contribution in [2.24, 2.45) is 0 Å². The lowest BCUT2D eigenvalue weighted by molar-refractivity contribution is -0.142. The Balaban J connectivity index is 2.25. The fraction of sp³-hybridized carbons (Fsp3) is 0.333. The lowest BCUT2D eigenvalue weighted by Gasteiger charge is -2.11. The summed E-state index contributed by atoms with van der Waals surface area (Å²) >= 11 is 0. The topological polar surface area (TPSA) is 67.4 Å². The van der Waals surface area contributed by atoms with Crippen molar-refractivity contribution in [1.29, 1.82) is 0 Å². The number of hydrogen-bond acceptors (Lipinski definition) is 5. The van der Waals surface area contributed by atoms with Crippen molar-refractivity contribution in [2.75, 3.05) is 19.7 Å². The Morgan fingerprint density at radius 1 is 1.15 bits per heavy atom. The molecule has 0 saturated carbocycles. The first-order chi connectivity index (χ1) is 9.72. The zero-order chi connectivity index (χ0) is 14.4. The quantitative estimate of drug-likeness (QED) is 0.480. The first-order valence-electron chi connectivity index (χ1n) is 6.68. The molecule has 0 spiro atoms. The number of benzene rings is 1. The van der Waals surface area contributed by atoms with Gasteiger partial charge in [0.1, 0.15) is 5.82 Å². The molecule has 0 aromatic heterocycles. The van der Waals surface area contributed by atoms with Crippen LogP contribution in [-0.4, -0.2) is 31.4 Å². The maximum atomic E-state index is 12.5. The minimum absolute atomic E-state index is 0.0309. The second kappa shape index (κ2) is 6.75. The third kappa shape index (κ3) is 3.38. The average molecular weight is 274 g/mol. The number of ether oxygens (including phenoxy) is 1. The summed E-state index contributed by atoms with van der Waals surface area (Å²) in [6, 6.07) is 8.93. The van der Waals surface area contributed by atoms with Crippen LogP contribution in [0.5, 0.6) is 0 Å². The van der Waals surface area contributed by atoms with Crippen molar-refractivity contribution in [3.63, 3.8) is 0 Å². The lowest BCUT2D eigenvalue weighted by Crippen LogP contribution is -2.21. The van der Waals surface area contributed by atoms with Gasteiger partial charge in [-0.3, -0.25) is 9.59 Å². The second-order valence-electron chi connectivity index (χ2n) is 4.38. The zero-order valence-electron chi connectivity index (χ0n) is 11.4. The smallest absolute Gasteiger partial charge is 0.310 e. The van der Waals surface area contributed by atoms with Crippen LogP contribution in [0.1, 0.15) is 23.7 Å². The molecule has 1 fully saturated rings. The van der Waals surface area contributed by atoms with Crippen molar-refractivity contribution < 1.29 is 14.3 Å². The van der Waals surface area contributed by atoms with Crippen LogP contribution in [0, 0.1) is 0 Å². The molecule has 5 nitrogen and oxygen atoms in total. The maximum absolute atomic E-state index is 12.5. The fourth-order valence-corrected chi connectivity index (χ4v) is 2.05.